The molecule has 0 bridgehead atoms. The largest absolute Gasteiger partial charge is 0.313 e. The predicted octanol–water partition coefficient (Wildman–Crippen LogP) is 5.32. The molecule has 0 aliphatic rings. The van der Waals surface area contributed by atoms with Gasteiger partial charge in [-0.15, -0.1) is 0 Å². The molecule has 0 radical (unpaired) electrons. The monoisotopic (exact) mass is 301 g/mol. The molecule has 0 spiro atoms. The topological polar surface area (TPSA) is 12.0 Å². The molecule has 0 heterocycles. The molecule has 0 fully saturated rings. The van der Waals surface area contributed by atoms with E-state index in [4.69, 9.17) is 11.6 Å². The molecule has 21 heavy (non-hydrogen) atoms. The zero-order valence-electron chi connectivity index (χ0n) is 13.1. The summed E-state index contributed by atoms with van der Waals surface area (Å²) in [6.07, 6.45) is 1.10. The van der Waals surface area contributed by atoms with Crippen LogP contribution in [0.4, 0.5) is 0 Å². The van der Waals surface area contributed by atoms with E-state index >= 15 is 0 Å². The van der Waals surface area contributed by atoms with Crippen molar-refractivity contribution in [3.8, 4) is 11.1 Å². The fraction of sp³-hybridized carbons (Fsp3) is 0.368. The van der Waals surface area contributed by atoms with Gasteiger partial charge in [-0.3, -0.25) is 0 Å². The SMILES string of the molecule is CCNCc1ccc(-c2cccc(CC(C)C)c2)c(Cl)c1. The van der Waals surface area contributed by atoms with E-state index < -0.39 is 0 Å². The lowest BCUT2D eigenvalue weighted by Crippen LogP contribution is -2.11. The van der Waals surface area contributed by atoms with Crippen LogP contribution in [0.3, 0.4) is 0 Å². The quantitative estimate of drug-likeness (QED) is 0.762. The van der Waals surface area contributed by atoms with Gasteiger partial charge in [0.15, 0.2) is 0 Å². The summed E-state index contributed by atoms with van der Waals surface area (Å²) < 4.78 is 0. The Bertz CT molecular complexity index is 590. The number of benzene rings is 2. The summed E-state index contributed by atoms with van der Waals surface area (Å²) in [4.78, 5) is 0. The molecule has 2 heteroatoms. The Morgan fingerprint density at radius 2 is 1.86 bits per heavy atom. The normalized spacial score (nSPS) is 11.1. The average molecular weight is 302 g/mol. The maximum atomic E-state index is 6.47. The Kier molecular flexibility index (Phi) is 5.84. The van der Waals surface area contributed by atoms with Crippen molar-refractivity contribution < 1.29 is 0 Å². The van der Waals surface area contributed by atoms with Crippen molar-refractivity contribution >= 4 is 11.6 Å². The van der Waals surface area contributed by atoms with Crippen molar-refractivity contribution in [1.29, 1.82) is 0 Å². The summed E-state index contributed by atoms with van der Waals surface area (Å²) in [5.41, 5.74) is 4.91. The van der Waals surface area contributed by atoms with E-state index in [0.29, 0.717) is 5.92 Å². The molecule has 0 aliphatic carbocycles. The first-order valence-corrected chi connectivity index (χ1v) is 8.06. The van der Waals surface area contributed by atoms with E-state index in [2.05, 4.69) is 68.6 Å². The van der Waals surface area contributed by atoms with Crippen LogP contribution in [0.15, 0.2) is 42.5 Å². The first-order valence-electron chi connectivity index (χ1n) is 7.68. The smallest absolute Gasteiger partial charge is 0.0487 e. The molecule has 2 rings (SSSR count). The maximum Gasteiger partial charge on any atom is 0.0487 e. The van der Waals surface area contributed by atoms with E-state index in [1.165, 1.54) is 16.7 Å². The van der Waals surface area contributed by atoms with Gasteiger partial charge in [0.25, 0.3) is 0 Å². The zero-order valence-corrected chi connectivity index (χ0v) is 13.9. The summed E-state index contributed by atoms with van der Waals surface area (Å²) in [6.45, 7) is 8.43. The van der Waals surface area contributed by atoms with E-state index in [0.717, 1.165) is 30.1 Å². The van der Waals surface area contributed by atoms with E-state index in [1.54, 1.807) is 0 Å². The highest BCUT2D eigenvalue weighted by Gasteiger charge is 2.06. The van der Waals surface area contributed by atoms with Gasteiger partial charge in [-0.2, -0.15) is 0 Å². The van der Waals surface area contributed by atoms with Gasteiger partial charge in [0.05, 0.1) is 0 Å². The second-order valence-electron chi connectivity index (χ2n) is 5.89. The molecular weight excluding hydrogens is 278 g/mol. The van der Waals surface area contributed by atoms with Crippen molar-refractivity contribution in [2.45, 2.75) is 33.7 Å². The second kappa shape index (κ2) is 7.63. The highest BCUT2D eigenvalue weighted by Crippen LogP contribution is 2.29. The molecule has 0 saturated carbocycles. The summed E-state index contributed by atoms with van der Waals surface area (Å²) in [5.74, 6) is 0.665. The fourth-order valence-electron chi connectivity index (χ4n) is 2.51. The van der Waals surface area contributed by atoms with E-state index in [9.17, 15) is 0 Å². The van der Waals surface area contributed by atoms with Crippen LogP contribution in [-0.4, -0.2) is 6.54 Å². The minimum Gasteiger partial charge on any atom is -0.313 e. The van der Waals surface area contributed by atoms with Crippen LogP contribution in [-0.2, 0) is 13.0 Å². The van der Waals surface area contributed by atoms with Crippen molar-refractivity contribution in [2.75, 3.05) is 6.54 Å². The molecule has 0 unspecified atom stereocenters. The minimum absolute atomic E-state index is 0.665. The van der Waals surface area contributed by atoms with Crippen LogP contribution in [0.2, 0.25) is 5.02 Å². The van der Waals surface area contributed by atoms with Crippen molar-refractivity contribution in [2.24, 2.45) is 5.92 Å². The van der Waals surface area contributed by atoms with Crippen LogP contribution in [0.25, 0.3) is 11.1 Å². The number of rotatable bonds is 6. The lowest BCUT2D eigenvalue weighted by molar-refractivity contribution is 0.647. The highest BCUT2D eigenvalue weighted by atomic mass is 35.5. The summed E-state index contributed by atoms with van der Waals surface area (Å²) in [6, 6.07) is 15.0. The van der Waals surface area contributed by atoms with Crippen molar-refractivity contribution in [3.05, 3.63) is 58.6 Å². The molecule has 1 N–H and O–H groups in total. The number of hydrogen-bond acceptors (Lipinski definition) is 1. The Balaban J connectivity index is 2.25. The van der Waals surface area contributed by atoms with Gasteiger partial charge in [-0.05, 0) is 41.6 Å². The molecule has 2 aromatic carbocycles. The van der Waals surface area contributed by atoms with Gasteiger partial charge in [0.1, 0.15) is 0 Å². The average Bonchev–Trinajstić information content (AvgIpc) is 2.44. The molecule has 1 nitrogen and oxygen atoms in total. The van der Waals surface area contributed by atoms with E-state index in [1.807, 2.05) is 0 Å². The fourth-order valence-corrected chi connectivity index (χ4v) is 2.82. The summed E-state index contributed by atoms with van der Waals surface area (Å²) >= 11 is 6.47. The first kappa shape index (κ1) is 16.1. The van der Waals surface area contributed by atoms with Crippen LogP contribution in [0.1, 0.15) is 31.9 Å². The van der Waals surface area contributed by atoms with Crippen LogP contribution >= 0.6 is 11.6 Å². The molecular formula is C19H24ClN. The summed E-state index contributed by atoms with van der Waals surface area (Å²) in [7, 11) is 0. The van der Waals surface area contributed by atoms with Crippen LogP contribution < -0.4 is 5.32 Å². The number of halogens is 1. The molecule has 0 atom stereocenters. The van der Waals surface area contributed by atoms with Gasteiger partial charge in [0, 0.05) is 17.1 Å². The third kappa shape index (κ3) is 4.59. The van der Waals surface area contributed by atoms with Gasteiger partial charge in [-0.25, -0.2) is 0 Å². The Morgan fingerprint density at radius 3 is 2.52 bits per heavy atom. The Labute approximate surface area is 133 Å². The first-order chi connectivity index (χ1) is 10.1. The lowest BCUT2D eigenvalue weighted by atomic mass is 9.97. The van der Waals surface area contributed by atoms with Crippen LogP contribution in [0.5, 0.6) is 0 Å². The third-order valence-corrected chi connectivity index (χ3v) is 3.81. The van der Waals surface area contributed by atoms with Crippen LogP contribution in [0, 0.1) is 5.92 Å². The molecule has 0 amide bonds. The molecule has 0 aromatic heterocycles. The Hall–Kier alpha value is -1.31. The molecule has 2 aromatic rings. The number of nitrogens with one attached hydrogen (secondary N) is 1. The molecule has 0 aliphatic heterocycles. The third-order valence-electron chi connectivity index (χ3n) is 3.49. The van der Waals surface area contributed by atoms with Gasteiger partial charge >= 0.3 is 0 Å². The molecule has 112 valence electrons. The maximum absolute atomic E-state index is 6.47. The highest BCUT2D eigenvalue weighted by molar-refractivity contribution is 6.33. The Morgan fingerprint density at radius 1 is 1.05 bits per heavy atom. The van der Waals surface area contributed by atoms with Crippen molar-refractivity contribution in [1.82, 2.24) is 5.32 Å². The van der Waals surface area contributed by atoms with Gasteiger partial charge in [0.2, 0.25) is 0 Å². The van der Waals surface area contributed by atoms with E-state index in [-0.39, 0.29) is 0 Å². The zero-order chi connectivity index (χ0) is 15.2. The molecule has 0 saturated heterocycles. The predicted molar refractivity (Wildman–Crippen MR) is 92.8 cm³/mol. The number of hydrogen-bond donors (Lipinski definition) is 1. The second-order valence-corrected chi connectivity index (χ2v) is 6.30. The van der Waals surface area contributed by atoms with Gasteiger partial charge in [-0.1, -0.05) is 68.8 Å². The van der Waals surface area contributed by atoms with Gasteiger partial charge < -0.3 is 5.32 Å². The minimum atomic E-state index is 0.665. The summed E-state index contributed by atoms with van der Waals surface area (Å²) in [5, 5.41) is 4.15. The standard InChI is InChI=1S/C19H24ClN/c1-4-21-13-16-8-9-18(19(20)12-16)17-7-5-6-15(11-17)10-14(2)3/h5-9,11-12,14,21H,4,10,13H2,1-3H3. The lowest BCUT2D eigenvalue weighted by Gasteiger charge is -2.10. The van der Waals surface area contributed by atoms with Crippen molar-refractivity contribution in [3.63, 3.8) is 0 Å².